The zero-order valence-corrected chi connectivity index (χ0v) is 19.9. The van der Waals surface area contributed by atoms with Crippen molar-refractivity contribution >= 4 is 5.91 Å². The summed E-state index contributed by atoms with van der Waals surface area (Å²) in [7, 11) is 0. The Hall–Kier alpha value is -3.75. The largest absolute Gasteiger partial charge is 0.339 e. The molecule has 2 saturated heterocycles. The van der Waals surface area contributed by atoms with E-state index in [0.29, 0.717) is 24.5 Å². The molecule has 1 amide bonds. The number of pyridine rings is 1. The Balaban J connectivity index is 1.12. The second-order valence-electron chi connectivity index (χ2n) is 9.73. The van der Waals surface area contributed by atoms with E-state index >= 15 is 0 Å². The molecule has 3 aliphatic rings. The van der Waals surface area contributed by atoms with E-state index in [2.05, 4.69) is 30.7 Å². The lowest BCUT2D eigenvalue weighted by Crippen LogP contribution is -2.63. The van der Waals surface area contributed by atoms with Crippen LogP contribution in [0.25, 0.3) is 5.82 Å². The predicted molar refractivity (Wildman–Crippen MR) is 127 cm³/mol. The molecule has 11 heteroatoms. The van der Waals surface area contributed by atoms with Crippen LogP contribution < -0.4 is 5.32 Å². The highest BCUT2D eigenvalue weighted by atomic mass is 19.1. The molecule has 0 saturated carbocycles. The highest BCUT2D eigenvalue weighted by Crippen LogP contribution is 2.36. The molecule has 2 aromatic heterocycles. The van der Waals surface area contributed by atoms with Crippen LogP contribution in [0.2, 0.25) is 0 Å². The quantitative estimate of drug-likeness (QED) is 0.587. The van der Waals surface area contributed by atoms with Crippen LogP contribution in [0.1, 0.15) is 46.2 Å². The number of fused-ring (bicyclic) bond motifs is 2. The molecule has 10 nitrogen and oxygen atoms in total. The number of nitrogens with zero attached hydrogens (tertiary/aromatic N) is 8. The first kappa shape index (κ1) is 22.7. The summed E-state index contributed by atoms with van der Waals surface area (Å²) < 4.78 is 15.5. The Morgan fingerprint density at radius 1 is 1.25 bits per heavy atom. The number of amides is 1. The monoisotopic (exact) mass is 487 g/mol. The van der Waals surface area contributed by atoms with E-state index in [9.17, 15) is 14.4 Å². The van der Waals surface area contributed by atoms with Gasteiger partial charge in [0.25, 0.3) is 0 Å². The predicted octanol–water partition coefficient (Wildman–Crippen LogP) is 1.26. The number of aromatic nitrogens is 5. The number of rotatable bonds is 3. The van der Waals surface area contributed by atoms with Gasteiger partial charge in [0, 0.05) is 51.0 Å². The second kappa shape index (κ2) is 9.04. The van der Waals surface area contributed by atoms with Gasteiger partial charge < -0.3 is 10.2 Å². The van der Waals surface area contributed by atoms with Crippen molar-refractivity contribution in [1.29, 1.82) is 5.26 Å². The molecule has 1 aromatic carbocycles. The molecule has 36 heavy (non-hydrogen) atoms. The van der Waals surface area contributed by atoms with Gasteiger partial charge in [0.15, 0.2) is 5.82 Å². The Kier molecular flexibility index (Phi) is 5.70. The molecule has 1 aliphatic carbocycles. The van der Waals surface area contributed by atoms with Crippen LogP contribution in [0, 0.1) is 24.1 Å². The van der Waals surface area contributed by atoms with Crippen molar-refractivity contribution < 1.29 is 9.18 Å². The van der Waals surface area contributed by atoms with Gasteiger partial charge in [-0.2, -0.15) is 9.94 Å². The molecule has 0 bridgehead atoms. The van der Waals surface area contributed by atoms with Crippen molar-refractivity contribution in [2.45, 2.75) is 37.8 Å². The summed E-state index contributed by atoms with van der Waals surface area (Å²) in [6.45, 7) is 5.44. The molecule has 0 spiro atoms. The number of nitrogens with one attached hydrogen (secondary N) is 1. The summed E-state index contributed by atoms with van der Waals surface area (Å²) in [5.41, 5.74) is 3.89. The first-order valence-electron chi connectivity index (χ1n) is 12.2. The van der Waals surface area contributed by atoms with Crippen LogP contribution >= 0.6 is 0 Å². The fraction of sp³-hybridized carbons (Fsp3) is 0.440. The molecule has 2 fully saturated rings. The van der Waals surface area contributed by atoms with Crippen LogP contribution in [0.5, 0.6) is 0 Å². The molecule has 0 radical (unpaired) electrons. The average Bonchev–Trinajstić information content (AvgIpc) is 3.58. The third kappa shape index (κ3) is 3.83. The zero-order chi connectivity index (χ0) is 24.8. The number of aryl methyl sites for hydroxylation is 1. The number of carbonyl (C=O) groups is 1. The molecular weight excluding hydrogens is 461 g/mol. The van der Waals surface area contributed by atoms with E-state index in [-0.39, 0.29) is 29.5 Å². The average molecular weight is 488 g/mol. The van der Waals surface area contributed by atoms with Crippen LogP contribution in [0.15, 0.2) is 30.7 Å². The third-order valence-electron chi connectivity index (χ3n) is 7.85. The Bertz CT molecular complexity index is 1350. The molecular formula is C25H26FN9O. The lowest BCUT2D eigenvalue weighted by molar-refractivity contribution is -0.136. The lowest BCUT2D eigenvalue weighted by Gasteiger charge is -2.47. The standard InChI is InChI=1S/C25H26FN9O/c1-15-18(4-5-22(26)20(15)9-27)23-13-33-6-7-34(12-17(33)10-28-23)25(36)19-3-2-16-8-24(29-11-21(16)19)35-14-30-31-32-35/h4-5,8,11,14,17,19,23,28H,2-3,6-7,10,12-13H2,1H3/t17-,19?,23+/m0/s1. The van der Waals surface area contributed by atoms with Gasteiger partial charge in [-0.1, -0.05) is 6.07 Å². The van der Waals surface area contributed by atoms with Crippen molar-refractivity contribution in [2.24, 2.45) is 0 Å². The summed E-state index contributed by atoms with van der Waals surface area (Å²) in [5, 5.41) is 24.1. The maximum Gasteiger partial charge on any atom is 0.230 e. The van der Waals surface area contributed by atoms with Crippen molar-refractivity contribution in [3.05, 3.63) is 64.4 Å². The Morgan fingerprint density at radius 3 is 2.94 bits per heavy atom. The van der Waals surface area contributed by atoms with Gasteiger partial charge in [0.2, 0.25) is 5.91 Å². The van der Waals surface area contributed by atoms with Crippen molar-refractivity contribution in [2.75, 3.05) is 32.7 Å². The molecule has 6 rings (SSSR count). The molecule has 1 unspecified atom stereocenters. The molecule has 1 N–H and O–H groups in total. The van der Waals surface area contributed by atoms with Gasteiger partial charge in [-0.3, -0.25) is 9.69 Å². The fourth-order valence-electron chi connectivity index (χ4n) is 5.87. The number of tetrazole rings is 1. The Labute approximate surface area is 207 Å². The molecule has 3 atom stereocenters. The molecule has 2 aliphatic heterocycles. The summed E-state index contributed by atoms with van der Waals surface area (Å²) in [4.78, 5) is 22.4. The van der Waals surface area contributed by atoms with E-state index < -0.39 is 5.82 Å². The van der Waals surface area contributed by atoms with Gasteiger partial charge in [-0.15, -0.1) is 5.10 Å². The topological polar surface area (TPSA) is 116 Å². The van der Waals surface area contributed by atoms with Crippen molar-refractivity contribution in [3.63, 3.8) is 0 Å². The maximum absolute atomic E-state index is 14.0. The van der Waals surface area contributed by atoms with Gasteiger partial charge in [-0.05, 0) is 64.6 Å². The van der Waals surface area contributed by atoms with E-state index in [0.717, 1.165) is 49.2 Å². The number of hydrogen-bond donors (Lipinski definition) is 1. The highest BCUT2D eigenvalue weighted by molar-refractivity contribution is 5.85. The minimum Gasteiger partial charge on any atom is -0.339 e. The minimum absolute atomic E-state index is 0.0263. The zero-order valence-electron chi connectivity index (χ0n) is 19.9. The van der Waals surface area contributed by atoms with E-state index in [1.807, 2.05) is 17.0 Å². The summed E-state index contributed by atoms with van der Waals surface area (Å²) >= 11 is 0. The minimum atomic E-state index is -0.477. The summed E-state index contributed by atoms with van der Waals surface area (Å²) in [5.74, 6) is 0.175. The number of benzene rings is 1. The number of halogens is 1. The molecule has 3 aromatic rings. The number of carbonyl (C=O) groups excluding carboxylic acids is 1. The third-order valence-corrected chi connectivity index (χ3v) is 7.85. The van der Waals surface area contributed by atoms with Gasteiger partial charge in [-0.25, -0.2) is 9.37 Å². The van der Waals surface area contributed by atoms with Gasteiger partial charge in [0.05, 0.1) is 11.5 Å². The normalized spacial score (nSPS) is 23.7. The highest BCUT2D eigenvalue weighted by Gasteiger charge is 2.39. The number of piperazine rings is 2. The van der Waals surface area contributed by atoms with E-state index in [1.165, 1.54) is 17.1 Å². The molecule has 4 heterocycles. The SMILES string of the molecule is Cc1c([C@H]2CN3CCN(C(=O)C4CCc5cc(-n6cnnn6)ncc54)C[C@@H]3CN2)ccc(F)c1C#N. The van der Waals surface area contributed by atoms with E-state index in [4.69, 9.17) is 0 Å². The summed E-state index contributed by atoms with van der Waals surface area (Å²) in [6, 6.07) is 7.36. The smallest absolute Gasteiger partial charge is 0.230 e. The fourth-order valence-corrected chi connectivity index (χ4v) is 5.87. The first-order chi connectivity index (χ1) is 17.5. The van der Waals surface area contributed by atoms with Crippen LogP contribution in [-0.2, 0) is 11.2 Å². The number of hydrogen-bond acceptors (Lipinski definition) is 8. The van der Waals surface area contributed by atoms with Crippen molar-refractivity contribution in [3.8, 4) is 11.9 Å². The maximum atomic E-state index is 14.0. The van der Waals surface area contributed by atoms with Crippen LogP contribution in [-0.4, -0.2) is 79.7 Å². The van der Waals surface area contributed by atoms with Crippen LogP contribution in [0.3, 0.4) is 0 Å². The van der Waals surface area contributed by atoms with Crippen molar-refractivity contribution in [1.82, 2.24) is 40.3 Å². The van der Waals surface area contributed by atoms with Crippen LogP contribution in [0.4, 0.5) is 4.39 Å². The second-order valence-corrected chi connectivity index (χ2v) is 9.73. The Morgan fingerprint density at radius 2 is 2.14 bits per heavy atom. The number of nitriles is 1. The molecule has 184 valence electrons. The van der Waals surface area contributed by atoms with E-state index in [1.54, 1.807) is 19.2 Å². The summed E-state index contributed by atoms with van der Waals surface area (Å²) in [6.07, 6.45) is 4.92. The van der Waals surface area contributed by atoms with Gasteiger partial charge in [0.1, 0.15) is 18.2 Å². The lowest BCUT2D eigenvalue weighted by atomic mass is 9.93. The first-order valence-corrected chi connectivity index (χ1v) is 12.2. The van der Waals surface area contributed by atoms with Gasteiger partial charge >= 0.3 is 0 Å².